The molecular weight excluding hydrogens is 272 g/mol. The van der Waals surface area contributed by atoms with Crippen molar-refractivity contribution >= 4 is 28.1 Å². The molecule has 0 aliphatic heterocycles. The number of rotatable bonds is 3. The van der Waals surface area contributed by atoms with Crippen LogP contribution in [0.5, 0.6) is 0 Å². The highest BCUT2D eigenvalue weighted by Gasteiger charge is 2.13. The molecule has 3 N–H and O–H groups in total. The summed E-state index contributed by atoms with van der Waals surface area (Å²) in [6, 6.07) is 5.90. The molecule has 0 radical (unpaired) electrons. The van der Waals surface area contributed by atoms with E-state index in [0.29, 0.717) is 0 Å². The molecule has 0 aliphatic rings. The largest absolute Gasteiger partial charge is 0.377 e. The summed E-state index contributed by atoms with van der Waals surface area (Å²) in [5, 5.41) is 4.50. The molecule has 0 fully saturated rings. The number of hydrogen-bond acceptors (Lipinski definition) is 4. The Morgan fingerprint density at radius 3 is 2.70 bits per heavy atom. The molecule has 20 heavy (non-hydrogen) atoms. The summed E-state index contributed by atoms with van der Waals surface area (Å²) in [6.45, 7) is 6.20. The summed E-state index contributed by atoms with van der Waals surface area (Å²) in [5.41, 5.74) is 3.48. The van der Waals surface area contributed by atoms with Crippen molar-refractivity contribution in [1.82, 2.24) is 15.0 Å². The lowest BCUT2D eigenvalue weighted by atomic mass is 10.2. The second kappa shape index (κ2) is 4.79. The third-order valence-corrected chi connectivity index (χ3v) is 4.15. The molecule has 2 aromatic heterocycles. The molecule has 0 bridgehead atoms. The van der Waals surface area contributed by atoms with Crippen molar-refractivity contribution in [3.63, 3.8) is 0 Å². The van der Waals surface area contributed by atoms with Gasteiger partial charge in [-0.25, -0.2) is 9.78 Å². The van der Waals surface area contributed by atoms with Gasteiger partial charge in [0.05, 0.1) is 27.8 Å². The number of anilines is 1. The predicted molar refractivity (Wildman–Crippen MR) is 82.5 cm³/mol. The van der Waals surface area contributed by atoms with Gasteiger partial charge in [-0.05, 0) is 39.0 Å². The minimum Gasteiger partial charge on any atom is -0.377 e. The molecule has 3 rings (SSSR count). The molecule has 0 saturated heterocycles. The van der Waals surface area contributed by atoms with Crippen molar-refractivity contribution in [2.75, 3.05) is 5.32 Å². The van der Waals surface area contributed by atoms with E-state index < -0.39 is 0 Å². The van der Waals surface area contributed by atoms with Gasteiger partial charge < -0.3 is 15.3 Å². The Kier molecular flexibility index (Phi) is 3.10. The topological polar surface area (TPSA) is 73.6 Å². The number of aromatic amines is 2. The van der Waals surface area contributed by atoms with Gasteiger partial charge in [0.2, 0.25) is 0 Å². The van der Waals surface area contributed by atoms with Crippen LogP contribution >= 0.6 is 11.3 Å². The van der Waals surface area contributed by atoms with E-state index in [-0.39, 0.29) is 11.7 Å². The van der Waals surface area contributed by atoms with Gasteiger partial charge in [-0.3, -0.25) is 0 Å². The van der Waals surface area contributed by atoms with Gasteiger partial charge in [0.25, 0.3) is 0 Å². The molecular formula is C14H16N4OS. The predicted octanol–water partition coefficient (Wildman–Crippen LogP) is 3.10. The number of fused-ring (bicyclic) bond motifs is 1. The fourth-order valence-corrected chi connectivity index (χ4v) is 3.30. The van der Waals surface area contributed by atoms with Crippen LogP contribution in [0.3, 0.4) is 0 Å². The Morgan fingerprint density at radius 1 is 1.25 bits per heavy atom. The molecule has 1 unspecified atom stereocenters. The molecule has 0 saturated carbocycles. The third-order valence-electron chi connectivity index (χ3n) is 3.25. The van der Waals surface area contributed by atoms with E-state index >= 15 is 0 Å². The fraction of sp³-hybridized carbons (Fsp3) is 0.286. The first-order valence-electron chi connectivity index (χ1n) is 6.45. The van der Waals surface area contributed by atoms with Gasteiger partial charge in [0, 0.05) is 10.6 Å². The average molecular weight is 288 g/mol. The van der Waals surface area contributed by atoms with Crippen molar-refractivity contribution in [2.45, 2.75) is 26.8 Å². The molecule has 3 aromatic rings. The number of aryl methyl sites for hydroxylation is 2. The molecule has 104 valence electrons. The smallest absolute Gasteiger partial charge is 0.323 e. The number of benzene rings is 1. The highest BCUT2D eigenvalue weighted by atomic mass is 32.1. The lowest BCUT2D eigenvalue weighted by Crippen LogP contribution is -2.08. The molecule has 0 amide bonds. The maximum absolute atomic E-state index is 11.3. The Labute approximate surface area is 120 Å². The van der Waals surface area contributed by atoms with Gasteiger partial charge >= 0.3 is 5.69 Å². The van der Waals surface area contributed by atoms with Crippen LogP contribution in [0.25, 0.3) is 11.0 Å². The van der Waals surface area contributed by atoms with Gasteiger partial charge in [-0.15, -0.1) is 11.3 Å². The van der Waals surface area contributed by atoms with Crippen LogP contribution in [-0.4, -0.2) is 15.0 Å². The molecule has 1 aromatic carbocycles. The average Bonchev–Trinajstić information content (AvgIpc) is 2.90. The first-order valence-corrected chi connectivity index (χ1v) is 7.27. The van der Waals surface area contributed by atoms with Gasteiger partial charge in [-0.2, -0.15) is 0 Å². The minimum absolute atomic E-state index is 0.128. The maximum atomic E-state index is 11.3. The second-order valence-corrected chi connectivity index (χ2v) is 6.29. The van der Waals surface area contributed by atoms with Crippen LogP contribution in [0.4, 0.5) is 5.69 Å². The van der Waals surface area contributed by atoms with E-state index in [1.807, 2.05) is 25.1 Å². The normalized spacial score (nSPS) is 12.8. The first kappa shape index (κ1) is 12.9. The number of hydrogen-bond donors (Lipinski definition) is 3. The number of nitrogens with zero attached hydrogens (tertiary/aromatic N) is 1. The lowest BCUT2D eigenvalue weighted by Gasteiger charge is -2.14. The van der Waals surface area contributed by atoms with Crippen LogP contribution in [-0.2, 0) is 0 Å². The summed E-state index contributed by atoms with van der Waals surface area (Å²) in [4.78, 5) is 22.5. The highest BCUT2D eigenvalue weighted by Crippen LogP contribution is 2.26. The van der Waals surface area contributed by atoms with Crippen molar-refractivity contribution in [2.24, 2.45) is 0 Å². The van der Waals surface area contributed by atoms with E-state index in [0.717, 1.165) is 27.4 Å². The summed E-state index contributed by atoms with van der Waals surface area (Å²) < 4.78 is 0. The lowest BCUT2D eigenvalue weighted by molar-refractivity contribution is 0.837. The number of aromatic nitrogens is 3. The van der Waals surface area contributed by atoms with Gasteiger partial charge in [-0.1, -0.05) is 0 Å². The van der Waals surface area contributed by atoms with E-state index in [1.54, 1.807) is 11.3 Å². The summed E-state index contributed by atoms with van der Waals surface area (Å²) in [7, 11) is 0. The fourth-order valence-electron chi connectivity index (χ4n) is 2.39. The monoisotopic (exact) mass is 288 g/mol. The minimum atomic E-state index is -0.184. The van der Waals surface area contributed by atoms with Crippen LogP contribution < -0.4 is 11.0 Å². The van der Waals surface area contributed by atoms with Crippen LogP contribution in [0.15, 0.2) is 23.0 Å². The third kappa shape index (κ3) is 2.34. The quantitative estimate of drug-likeness (QED) is 0.693. The van der Waals surface area contributed by atoms with Crippen LogP contribution in [0.1, 0.15) is 28.5 Å². The van der Waals surface area contributed by atoms with Gasteiger partial charge in [0.1, 0.15) is 0 Å². The molecule has 0 spiro atoms. The zero-order valence-corrected chi connectivity index (χ0v) is 12.4. The summed E-state index contributed by atoms with van der Waals surface area (Å²) >= 11 is 1.71. The maximum Gasteiger partial charge on any atom is 0.323 e. The van der Waals surface area contributed by atoms with E-state index in [2.05, 4.69) is 34.1 Å². The SMILES string of the molecule is Cc1nc(C(C)Nc2ccc3[nH]c(=O)[nH]c3c2)c(C)s1. The molecule has 2 heterocycles. The Morgan fingerprint density at radius 2 is 2.00 bits per heavy atom. The summed E-state index contributed by atoms with van der Waals surface area (Å²) in [5.74, 6) is 0. The molecule has 0 aliphatic carbocycles. The first-order chi connectivity index (χ1) is 9.52. The van der Waals surface area contributed by atoms with E-state index in [1.165, 1.54) is 4.88 Å². The van der Waals surface area contributed by atoms with Crippen molar-refractivity contribution in [3.05, 3.63) is 44.3 Å². The number of thiazole rings is 1. The highest BCUT2D eigenvalue weighted by molar-refractivity contribution is 7.11. The Bertz CT molecular complexity index is 814. The zero-order valence-electron chi connectivity index (χ0n) is 11.6. The molecule has 6 heteroatoms. The Hall–Kier alpha value is -2.08. The summed E-state index contributed by atoms with van der Waals surface area (Å²) in [6.07, 6.45) is 0. The van der Waals surface area contributed by atoms with Crippen molar-refractivity contribution in [3.8, 4) is 0 Å². The molecule has 1 atom stereocenters. The number of nitrogens with one attached hydrogen (secondary N) is 3. The van der Waals surface area contributed by atoms with E-state index in [4.69, 9.17) is 0 Å². The Balaban J connectivity index is 1.88. The zero-order chi connectivity index (χ0) is 14.3. The van der Waals surface area contributed by atoms with Crippen LogP contribution in [0, 0.1) is 13.8 Å². The van der Waals surface area contributed by atoms with Crippen molar-refractivity contribution in [1.29, 1.82) is 0 Å². The van der Waals surface area contributed by atoms with Crippen LogP contribution in [0.2, 0.25) is 0 Å². The van der Waals surface area contributed by atoms with E-state index in [9.17, 15) is 4.79 Å². The second-order valence-electron chi connectivity index (χ2n) is 4.88. The number of imidazole rings is 1. The van der Waals surface area contributed by atoms with Crippen molar-refractivity contribution < 1.29 is 0 Å². The number of H-pyrrole nitrogens is 2. The molecule has 5 nitrogen and oxygen atoms in total. The van der Waals surface area contributed by atoms with Gasteiger partial charge in [0.15, 0.2) is 0 Å². The standard InChI is InChI=1S/C14H16N4OS/c1-7(13-8(2)20-9(3)16-13)15-10-4-5-11-12(6-10)18-14(19)17-11/h4-7,15H,1-3H3,(H2,17,18,19).